The molecule has 1 rings (SSSR count). The van der Waals surface area contributed by atoms with Crippen LogP contribution in [0.4, 0.5) is 11.6 Å². The maximum absolute atomic E-state index is 10.9. The Balaban J connectivity index is 2.51. The lowest BCUT2D eigenvalue weighted by Gasteiger charge is -2.07. The van der Waals surface area contributed by atoms with Gasteiger partial charge in [-0.05, 0) is 6.42 Å². The number of nitrogens with two attached hydrogens (primary N) is 1. The van der Waals surface area contributed by atoms with Gasteiger partial charge in [0.25, 0.3) is 0 Å². The van der Waals surface area contributed by atoms with Crippen LogP contribution in [0.3, 0.4) is 0 Å². The number of aromatic nitrogens is 2. The molecule has 1 aromatic rings. The van der Waals surface area contributed by atoms with Gasteiger partial charge in [-0.15, -0.1) is 0 Å². The van der Waals surface area contributed by atoms with Crippen molar-refractivity contribution in [3.8, 4) is 0 Å². The number of nitrogen functional groups attached to an aromatic ring is 1. The van der Waals surface area contributed by atoms with Crippen molar-refractivity contribution in [1.29, 1.82) is 0 Å². The average Bonchev–Trinajstić information content (AvgIpc) is 2.23. The minimum absolute atomic E-state index is 0.144. The summed E-state index contributed by atoms with van der Waals surface area (Å²) >= 11 is 0. The summed E-state index contributed by atoms with van der Waals surface area (Å²) in [5.41, 5.74) is 5.62. The molecule has 1 aromatic heterocycles. The highest BCUT2D eigenvalue weighted by Crippen LogP contribution is 2.09. The van der Waals surface area contributed by atoms with Gasteiger partial charge in [-0.25, -0.2) is 18.4 Å². The third-order valence-corrected chi connectivity index (χ3v) is 3.09. The summed E-state index contributed by atoms with van der Waals surface area (Å²) in [7, 11) is -1.37. The highest BCUT2D eigenvalue weighted by Gasteiger charge is 2.04. The number of hydrogen-bond acceptors (Lipinski definition) is 7. The lowest BCUT2D eigenvalue weighted by molar-refractivity contribution is 0.178. The molecule has 0 fully saturated rings. The van der Waals surface area contributed by atoms with Crippen LogP contribution in [0, 0.1) is 0 Å². The molecule has 0 radical (unpaired) electrons. The number of anilines is 2. The van der Waals surface area contributed by atoms with Crippen LogP contribution in [0.15, 0.2) is 6.07 Å². The van der Waals surface area contributed by atoms with Gasteiger partial charge in [-0.2, -0.15) is 0 Å². The van der Waals surface area contributed by atoms with E-state index >= 15 is 0 Å². The Kier molecular flexibility index (Phi) is 5.29. The van der Waals surface area contributed by atoms with Crippen molar-refractivity contribution in [1.82, 2.24) is 9.97 Å². The fourth-order valence-corrected chi connectivity index (χ4v) is 2.02. The maximum Gasteiger partial charge on any atom is 0.158 e. The van der Waals surface area contributed by atoms with E-state index in [1.807, 2.05) is 0 Å². The van der Waals surface area contributed by atoms with E-state index in [0.717, 1.165) is 0 Å². The number of methoxy groups -OCH3 is 1. The topological polar surface area (TPSA) is 107 Å². The predicted octanol–water partition coefficient (Wildman–Crippen LogP) is 0.0518. The molecule has 0 aliphatic heterocycles. The van der Waals surface area contributed by atoms with Crippen molar-refractivity contribution >= 4 is 21.5 Å². The average molecular weight is 274 g/mol. The second-order valence-electron chi connectivity index (χ2n) is 3.94. The Labute approximate surface area is 107 Å². The van der Waals surface area contributed by atoms with Gasteiger partial charge in [-0.3, -0.25) is 0 Å². The first-order chi connectivity index (χ1) is 8.40. The number of nitrogens with one attached hydrogen (secondary N) is 1. The zero-order valence-corrected chi connectivity index (χ0v) is 11.3. The van der Waals surface area contributed by atoms with Gasteiger partial charge in [0.2, 0.25) is 0 Å². The molecular formula is C10H18N4O3S. The van der Waals surface area contributed by atoms with Crippen LogP contribution in [0.5, 0.6) is 0 Å². The second kappa shape index (κ2) is 6.50. The lowest BCUT2D eigenvalue weighted by atomic mass is 10.4. The molecule has 7 nitrogen and oxygen atoms in total. The van der Waals surface area contributed by atoms with Crippen molar-refractivity contribution < 1.29 is 13.2 Å². The Morgan fingerprint density at radius 1 is 1.44 bits per heavy atom. The molecule has 0 aromatic carbocycles. The van der Waals surface area contributed by atoms with Crippen molar-refractivity contribution in [2.45, 2.75) is 13.0 Å². The Hall–Kier alpha value is -1.41. The van der Waals surface area contributed by atoms with Crippen LogP contribution < -0.4 is 11.1 Å². The zero-order valence-electron chi connectivity index (χ0n) is 10.5. The van der Waals surface area contributed by atoms with Gasteiger partial charge >= 0.3 is 0 Å². The molecule has 0 aliphatic carbocycles. The van der Waals surface area contributed by atoms with E-state index in [1.54, 1.807) is 13.2 Å². The third-order valence-electron chi connectivity index (χ3n) is 2.06. The minimum Gasteiger partial charge on any atom is -0.384 e. The number of hydrogen-bond donors (Lipinski definition) is 2. The Morgan fingerprint density at radius 3 is 2.78 bits per heavy atom. The smallest absolute Gasteiger partial charge is 0.158 e. The van der Waals surface area contributed by atoms with Crippen LogP contribution in [-0.4, -0.2) is 44.0 Å². The monoisotopic (exact) mass is 274 g/mol. The number of ether oxygens (including phenoxy) is 1. The van der Waals surface area contributed by atoms with Crippen molar-refractivity contribution in [3.05, 3.63) is 11.9 Å². The summed E-state index contributed by atoms with van der Waals surface area (Å²) in [6.45, 7) is 0.791. The molecule has 102 valence electrons. The molecular weight excluding hydrogens is 256 g/mol. The molecule has 0 bridgehead atoms. The number of rotatable bonds is 7. The molecule has 0 saturated carbocycles. The molecule has 1 heterocycles. The van der Waals surface area contributed by atoms with E-state index in [4.69, 9.17) is 10.5 Å². The van der Waals surface area contributed by atoms with Gasteiger partial charge < -0.3 is 15.8 Å². The summed E-state index contributed by atoms with van der Waals surface area (Å²) in [5, 5.41) is 3.01. The quantitative estimate of drug-likeness (QED) is 0.676. The van der Waals surface area contributed by atoms with Crippen LogP contribution in [-0.2, 0) is 21.2 Å². The highest BCUT2D eigenvalue weighted by molar-refractivity contribution is 7.90. The fourth-order valence-electron chi connectivity index (χ4n) is 1.35. The summed E-state index contributed by atoms with van der Waals surface area (Å²) in [4.78, 5) is 8.18. The molecule has 0 saturated heterocycles. The van der Waals surface area contributed by atoms with Crippen LogP contribution >= 0.6 is 0 Å². The standard InChI is InChI=1S/C10H18N4O3S/c1-17-7-10-13-8(11)6-9(14-10)12-4-3-5-18(2,15)16/h6H,3-5,7H2,1-2H3,(H3,11,12,13,14). The van der Waals surface area contributed by atoms with E-state index in [9.17, 15) is 8.42 Å². The molecule has 18 heavy (non-hydrogen) atoms. The fraction of sp³-hybridized carbons (Fsp3) is 0.600. The van der Waals surface area contributed by atoms with E-state index < -0.39 is 9.84 Å². The maximum atomic E-state index is 10.9. The first-order valence-corrected chi connectivity index (χ1v) is 7.51. The van der Waals surface area contributed by atoms with Gasteiger partial charge in [0, 0.05) is 26.0 Å². The van der Waals surface area contributed by atoms with Crippen LogP contribution in [0.2, 0.25) is 0 Å². The van der Waals surface area contributed by atoms with E-state index in [0.29, 0.717) is 30.4 Å². The predicted molar refractivity (Wildman–Crippen MR) is 70.0 cm³/mol. The van der Waals surface area contributed by atoms with Crippen molar-refractivity contribution in [2.75, 3.05) is 36.7 Å². The molecule has 0 unspecified atom stereocenters. The second-order valence-corrected chi connectivity index (χ2v) is 6.20. The van der Waals surface area contributed by atoms with Crippen molar-refractivity contribution in [3.63, 3.8) is 0 Å². The first-order valence-electron chi connectivity index (χ1n) is 5.44. The van der Waals surface area contributed by atoms with Crippen LogP contribution in [0.25, 0.3) is 0 Å². The Bertz CT molecular complexity index is 490. The lowest BCUT2D eigenvalue weighted by Crippen LogP contribution is -2.12. The highest BCUT2D eigenvalue weighted by atomic mass is 32.2. The van der Waals surface area contributed by atoms with E-state index in [1.165, 1.54) is 6.26 Å². The van der Waals surface area contributed by atoms with Crippen LogP contribution in [0.1, 0.15) is 12.2 Å². The summed E-state index contributed by atoms with van der Waals surface area (Å²) in [6, 6.07) is 1.60. The number of sulfone groups is 1. The molecule has 0 spiro atoms. The van der Waals surface area contributed by atoms with Gasteiger partial charge in [-0.1, -0.05) is 0 Å². The first kappa shape index (κ1) is 14.7. The zero-order chi connectivity index (χ0) is 13.6. The normalized spacial score (nSPS) is 11.4. The molecule has 8 heteroatoms. The third kappa shape index (κ3) is 5.78. The summed E-state index contributed by atoms with van der Waals surface area (Å²) in [5.74, 6) is 1.56. The molecule has 0 amide bonds. The molecule has 0 atom stereocenters. The van der Waals surface area contributed by atoms with E-state index in [-0.39, 0.29) is 12.4 Å². The largest absolute Gasteiger partial charge is 0.384 e. The van der Waals surface area contributed by atoms with Gasteiger partial charge in [0.05, 0.1) is 5.75 Å². The number of nitrogens with zero attached hydrogens (tertiary/aromatic N) is 2. The SMILES string of the molecule is COCc1nc(N)cc(NCCCS(C)(=O)=O)n1. The minimum atomic E-state index is -2.92. The Morgan fingerprint density at radius 2 is 2.17 bits per heavy atom. The van der Waals surface area contributed by atoms with E-state index in [2.05, 4.69) is 15.3 Å². The summed E-state index contributed by atoms with van der Waals surface area (Å²) < 4.78 is 26.8. The molecule has 3 N–H and O–H groups in total. The van der Waals surface area contributed by atoms with Gasteiger partial charge in [0.15, 0.2) is 5.82 Å². The summed E-state index contributed by atoms with van der Waals surface area (Å²) in [6.07, 6.45) is 1.73. The van der Waals surface area contributed by atoms with Crippen molar-refractivity contribution in [2.24, 2.45) is 0 Å². The van der Waals surface area contributed by atoms with Gasteiger partial charge in [0.1, 0.15) is 28.1 Å². The molecule has 0 aliphatic rings.